The number of halogens is 3. The number of aryl methyl sites for hydroxylation is 1. The van der Waals surface area contributed by atoms with E-state index in [-0.39, 0.29) is 16.8 Å². The second-order valence-corrected chi connectivity index (χ2v) is 6.00. The highest BCUT2D eigenvalue weighted by Crippen LogP contribution is 2.37. The Hall–Kier alpha value is -3.43. The van der Waals surface area contributed by atoms with Gasteiger partial charge in [-0.15, -0.1) is 10.2 Å². The molecule has 0 saturated carbocycles. The molecule has 0 amide bonds. The van der Waals surface area contributed by atoms with Crippen LogP contribution in [0.15, 0.2) is 30.6 Å². The lowest BCUT2D eigenvalue weighted by Crippen LogP contribution is -2.08. The largest absolute Gasteiger partial charge is 0.494 e. The molecular formula is C18H14F3N5O2. The quantitative estimate of drug-likeness (QED) is 0.532. The predicted octanol–water partition coefficient (Wildman–Crippen LogP) is 3.68. The Morgan fingerprint density at radius 3 is 2.46 bits per heavy atom. The summed E-state index contributed by atoms with van der Waals surface area (Å²) in [4.78, 5) is 8.50. The molecule has 3 aromatic heterocycles. The van der Waals surface area contributed by atoms with E-state index in [1.54, 1.807) is 19.2 Å². The number of alkyl halides is 3. The fourth-order valence-electron chi connectivity index (χ4n) is 3.06. The summed E-state index contributed by atoms with van der Waals surface area (Å²) >= 11 is 0. The topological polar surface area (TPSA) is 74.4 Å². The molecular weight excluding hydrogens is 375 g/mol. The number of rotatable bonds is 3. The Bertz CT molecular complexity index is 1200. The molecule has 4 aromatic rings. The highest BCUT2D eigenvalue weighted by molar-refractivity contribution is 5.86. The van der Waals surface area contributed by atoms with Crippen molar-refractivity contribution < 1.29 is 22.6 Å². The summed E-state index contributed by atoms with van der Waals surface area (Å²) in [6, 6.07) is 3.58. The molecule has 0 aliphatic rings. The van der Waals surface area contributed by atoms with Crippen LogP contribution in [-0.2, 0) is 6.18 Å². The highest BCUT2D eigenvalue weighted by atomic mass is 19.4. The van der Waals surface area contributed by atoms with Gasteiger partial charge in [-0.05, 0) is 25.1 Å². The highest BCUT2D eigenvalue weighted by Gasteiger charge is 2.33. The van der Waals surface area contributed by atoms with Crippen LogP contribution >= 0.6 is 0 Å². The maximum atomic E-state index is 13.4. The lowest BCUT2D eigenvalue weighted by molar-refractivity contribution is -0.137. The van der Waals surface area contributed by atoms with E-state index in [2.05, 4.69) is 20.2 Å². The van der Waals surface area contributed by atoms with Crippen LogP contribution in [0, 0.1) is 6.92 Å². The van der Waals surface area contributed by atoms with Crippen LogP contribution in [0.3, 0.4) is 0 Å². The summed E-state index contributed by atoms with van der Waals surface area (Å²) in [7, 11) is 2.76. The summed E-state index contributed by atoms with van der Waals surface area (Å²) in [5.41, 5.74) is 0.916. The normalized spacial score (nSPS) is 11.9. The van der Waals surface area contributed by atoms with E-state index in [0.717, 1.165) is 12.1 Å². The van der Waals surface area contributed by atoms with Crippen molar-refractivity contribution in [1.29, 1.82) is 0 Å². The zero-order valence-electron chi connectivity index (χ0n) is 15.1. The maximum Gasteiger partial charge on any atom is 0.416 e. The minimum absolute atomic E-state index is 0.0294. The van der Waals surface area contributed by atoms with Crippen molar-refractivity contribution in [3.63, 3.8) is 0 Å². The number of aromatic nitrogens is 5. The van der Waals surface area contributed by atoms with Gasteiger partial charge in [0.05, 0.1) is 42.8 Å². The van der Waals surface area contributed by atoms with Crippen molar-refractivity contribution in [2.75, 3.05) is 14.2 Å². The van der Waals surface area contributed by atoms with E-state index < -0.39 is 11.7 Å². The molecule has 0 bridgehead atoms. The van der Waals surface area contributed by atoms with Crippen LogP contribution in [0.25, 0.3) is 28.1 Å². The summed E-state index contributed by atoms with van der Waals surface area (Å²) in [6.07, 6.45) is -1.50. The van der Waals surface area contributed by atoms with Gasteiger partial charge in [-0.2, -0.15) is 13.2 Å². The van der Waals surface area contributed by atoms with Crippen LogP contribution in [-0.4, -0.2) is 38.8 Å². The molecule has 0 radical (unpaired) electrons. The van der Waals surface area contributed by atoms with Gasteiger partial charge < -0.3 is 9.47 Å². The minimum Gasteiger partial charge on any atom is -0.494 e. The molecule has 28 heavy (non-hydrogen) atoms. The summed E-state index contributed by atoms with van der Waals surface area (Å²) in [6.45, 7) is 1.71. The lowest BCUT2D eigenvalue weighted by Gasteiger charge is -2.13. The first-order valence-corrected chi connectivity index (χ1v) is 8.14. The molecule has 10 heteroatoms. The molecule has 0 N–H and O–H groups in total. The van der Waals surface area contributed by atoms with Crippen LogP contribution in [0.5, 0.6) is 11.5 Å². The number of fused-ring (bicyclic) bond motifs is 3. The first-order valence-electron chi connectivity index (χ1n) is 8.14. The number of nitrogens with zero attached hydrogens (tertiary/aromatic N) is 5. The zero-order chi connectivity index (χ0) is 20.1. The average molecular weight is 389 g/mol. The SMILES string of the molecule is COc1cnccc1-c1nc(C)c2nnc3c(OC)cc(C(F)(F)F)cc3n12. The van der Waals surface area contributed by atoms with Crippen molar-refractivity contribution in [3.8, 4) is 22.9 Å². The molecule has 7 nitrogen and oxygen atoms in total. The Balaban J connectivity index is 2.17. The van der Waals surface area contributed by atoms with Gasteiger partial charge in [-0.25, -0.2) is 4.98 Å². The Morgan fingerprint density at radius 2 is 1.79 bits per heavy atom. The molecule has 0 fully saturated rings. The monoisotopic (exact) mass is 389 g/mol. The van der Waals surface area contributed by atoms with E-state index in [1.165, 1.54) is 24.8 Å². The summed E-state index contributed by atoms with van der Waals surface area (Å²) in [5.74, 6) is 0.768. The lowest BCUT2D eigenvalue weighted by atomic mass is 10.1. The second-order valence-electron chi connectivity index (χ2n) is 6.00. The Kier molecular flexibility index (Phi) is 4.06. The van der Waals surface area contributed by atoms with Gasteiger partial charge in [0.1, 0.15) is 11.5 Å². The third-order valence-corrected chi connectivity index (χ3v) is 4.35. The zero-order valence-corrected chi connectivity index (χ0v) is 15.1. The Morgan fingerprint density at radius 1 is 1.04 bits per heavy atom. The molecule has 3 heterocycles. The molecule has 4 rings (SSSR count). The molecule has 0 aliphatic carbocycles. The van der Waals surface area contributed by atoms with E-state index in [9.17, 15) is 13.2 Å². The predicted molar refractivity (Wildman–Crippen MR) is 94.4 cm³/mol. The van der Waals surface area contributed by atoms with Crippen molar-refractivity contribution in [2.45, 2.75) is 13.1 Å². The van der Waals surface area contributed by atoms with E-state index in [4.69, 9.17) is 9.47 Å². The standard InChI is InChI=1S/C18H14F3N5O2/c1-9-16-25-24-15-12(6-10(18(19,20)21)7-13(15)27-2)26(16)17(23-9)11-4-5-22-8-14(11)28-3/h4-8H,1-3H3. The first-order chi connectivity index (χ1) is 13.3. The van der Waals surface area contributed by atoms with E-state index in [1.807, 2.05) is 0 Å². The van der Waals surface area contributed by atoms with E-state index >= 15 is 0 Å². The van der Waals surface area contributed by atoms with E-state index in [0.29, 0.717) is 28.5 Å². The van der Waals surface area contributed by atoms with Gasteiger partial charge in [0, 0.05) is 6.20 Å². The van der Waals surface area contributed by atoms with Gasteiger partial charge in [-0.3, -0.25) is 9.38 Å². The fraction of sp³-hybridized carbons (Fsp3) is 0.222. The summed E-state index contributed by atoms with van der Waals surface area (Å²) < 4.78 is 52.3. The molecule has 0 unspecified atom stereocenters. The molecule has 0 atom stereocenters. The van der Waals surface area contributed by atoms with Crippen LogP contribution in [0.2, 0.25) is 0 Å². The van der Waals surface area contributed by atoms with Crippen LogP contribution < -0.4 is 9.47 Å². The average Bonchev–Trinajstić information content (AvgIpc) is 3.03. The molecule has 1 aromatic carbocycles. The van der Waals surface area contributed by atoms with Crippen molar-refractivity contribution >= 4 is 16.7 Å². The molecule has 144 valence electrons. The number of hydrogen-bond donors (Lipinski definition) is 0. The third kappa shape index (κ3) is 2.68. The van der Waals surface area contributed by atoms with Gasteiger partial charge in [0.2, 0.25) is 0 Å². The summed E-state index contributed by atoms with van der Waals surface area (Å²) in [5, 5.41) is 8.21. The smallest absolute Gasteiger partial charge is 0.416 e. The number of methoxy groups -OCH3 is 2. The number of ether oxygens (including phenoxy) is 2. The van der Waals surface area contributed by atoms with Crippen molar-refractivity contribution in [1.82, 2.24) is 24.6 Å². The maximum absolute atomic E-state index is 13.4. The van der Waals surface area contributed by atoms with Crippen molar-refractivity contribution in [2.24, 2.45) is 0 Å². The molecule has 0 spiro atoms. The first kappa shape index (κ1) is 18.0. The fourth-order valence-corrected chi connectivity index (χ4v) is 3.06. The van der Waals surface area contributed by atoms with Gasteiger partial charge in [0.15, 0.2) is 17.0 Å². The molecule has 0 saturated heterocycles. The number of benzene rings is 1. The van der Waals surface area contributed by atoms with Gasteiger partial charge >= 0.3 is 6.18 Å². The minimum atomic E-state index is -4.55. The number of hydrogen-bond acceptors (Lipinski definition) is 6. The molecule has 0 aliphatic heterocycles. The second kappa shape index (κ2) is 6.32. The van der Waals surface area contributed by atoms with Crippen LogP contribution in [0.1, 0.15) is 11.3 Å². The van der Waals surface area contributed by atoms with Gasteiger partial charge in [0.25, 0.3) is 0 Å². The number of imidazole rings is 1. The number of pyridine rings is 1. The van der Waals surface area contributed by atoms with Crippen LogP contribution in [0.4, 0.5) is 13.2 Å². The van der Waals surface area contributed by atoms with Gasteiger partial charge in [-0.1, -0.05) is 0 Å². The third-order valence-electron chi connectivity index (χ3n) is 4.35. The van der Waals surface area contributed by atoms with Crippen molar-refractivity contribution in [3.05, 3.63) is 41.9 Å². The Labute approximate surface area is 156 Å².